The van der Waals surface area contributed by atoms with E-state index in [0.717, 1.165) is 60.1 Å². The van der Waals surface area contributed by atoms with Crippen molar-refractivity contribution in [3.63, 3.8) is 0 Å². The van der Waals surface area contributed by atoms with Gasteiger partial charge in [-0.1, -0.05) is 35.9 Å². The summed E-state index contributed by atoms with van der Waals surface area (Å²) >= 11 is 1.54. The van der Waals surface area contributed by atoms with Gasteiger partial charge in [-0.15, -0.1) is 11.3 Å². The zero-order valence-corrected chi connectivity index (χ0v) is 17.8. The molecule has 5 rings (SSSR count). The predicted octanol–water partition coefficient (Wildman–Crippen LogP) is 4.33. The van der Waals surface area contributed by atoms with Crippen molar-refractivity contribution in [1.82, 2.24) is 19.2 Å². The minimum atomic E-state index is 0.146. The third-order valence-corrected chi connectivity index (χ3v) is 6.58. The van der Waals surface area contributed by atoms with Gasteiger partial charge in [0.15, 0.2) is 0 Å². The van der Waals surface area contributed by atoms with E-state index in [2.05, 4.69) is 52.8 Å². The Hall–Kier alpha value is -2.96. The summed E-state index contributed by atoms with van der Waals surface area (Å²) in [7, 11) is 0. The maximum Gasteiger partial charge on any atom is 0.264 e. The molecule has 0 unspecified atom stereocenters. The summed E-state index contributed by atoms with van der Waals surface area (Å²) in [6, 6.07) is 16.5. The zero-order chi connectivity index (χ0) is 20.5. The number of amides is 1. The molecule has 0 N–H and O–H groups in total. The minimum absolute atomic E-state index is 0.146. The summed E-state index contributed by atoms with van der Waals surface area (Å²) in [6.45, 7) is 6.12. The van der Waals surface area contributed by atoms with Crippen molar-refractivity contribution in [1.29, 1.82) is 0 Å². The number of carbonyl (C=O) groups is 1. The summed E-state index contributed by atoms with van der Waals surface area (Å²) in [6.07, 6.45) is 4.11. The smallest absolute Gasteiger partial charge is 0.264 e. The highest BCUT2D eigenvalue weighted by Gasteiger charge is 2.25. The van der Waals surface area contributed by atoms with E-state index in [-0.39, 0.29) is 5.91 Å². The van der Waals surface area contributed by atoms with Crippen LogP contribution >= 0.6 is 11.3 Å². The number of piperazine rings is 1. The van der Waals surface area contributed by atoms with Crippen LogP contribution in [0.2, 0.25) is 0 Å². The maximum atomic E-state index is 13.2. The van der Waals surface area contributed by atoms with Crippen LogP contribution in [0.1, 0.15) is 20.9 Å². The molecule has 0 bridgehead atoms. The molecule has 0 saturated carbocycles. The lowest BCUT2D eigenvalue weighted by Crippen LogP contribution is -2.48. The molecular formula is C24H24N4OS. The highest BCUT2D eigenvalue weighted by atomic mass is 32.1. The average Bonchev–Trinajstić information content (AvgIpc) is 3.41. The molecule has 1 amide bonds. The normalized spacial score (nSPS) is 15.0. The fraction of sp³-hybridized carbons (Fsp3) is 0.250. The SMILES string of the molecule is Cc1ccc(-c2ccsc2C(=O)N2CCN(Cc3cn4ccccc4n3)CC2)cc1. The van der Waals surface area contributed by atoms with Crippen LogP contribution in [0, 0.1) is 6.92 Å². The average molecular weight is 417 g/mol. The van der Waals surface area contributed by atoms with Crippen LogP contribution < -0.4 is 0 Å². The number of aryl methyl sites for hydroxylation is 1. The largest absolute Gasteiger partial charge is 0.335 e. The second-order valence-electron chi connectivity index (χ2n) is 7.80. The quantitative estimate of drug-likeness (QED) is 0.497. The standard InChI is InChI=1S/C24H24N4OS/c1-18-5-7-19(8-6-18)21-9-15-30-23(21)24(29)27-13-11-26(12-14-27)16-20-17-28-10-3-2-4-22(28)25-20/h2-10,15,17H,11-14,16H2,1H3. The minimum Gasteiger partial charge on any atom is -0.335 e. The number of thiophene rings is 1. The molecule has 0 aliphatic carbocycles. The van der Waals surface area contributed by atoms with Crippen molar-refractivity contribution in [3.05, 3.63) is 82.4 Å². The van der Waals surface area contributed by atoms with E-state index in [9.17, 15) is 4.79 Å². The number of benzene rings is 1. The Kier molecular flexibility index (Phi) is 5.11. The fourth-order valence-electron chi connectivity index (χ4n) is 3.98. The molecule has 152 valence electrons. The molecular weight excluding hydrogens is 392 g/mol. The van der Waals surface area contributed by atoms with E-state index in [1.165, 1.54) is 16.9 Å². The van der Waals surface area contributed by atoms with Crippen LogP contribution in [0.3, 0.4) is 0 Å². The first-order chi connectivity index (χ1) is 14.7. The van der Waals surface area contributed by atoms with Crippen LogP contribution in [0.4, 0.5) is 0 Å². The zero-order valence-electron chi connectivity index (χ0n) is 17.0. The molecule has 5 nitrogen and oxygen atoms in total. The number of fused-ring (bicyclic) bond motifs is 1. The van der Waals surface area contributed by atoms with Crippen LogP contribution in [-0.2, 0) is 6.54 Å². The molecule has 1 saturated heterocycles. The van der Waals surface area contributed by atoms with Crippen molar-refractivity contribution in [2.24, 2.45) is 0 Å². The highest BCUT2D eigenvalue weighted by molar-refractivity contribution is 7.12. The molecule has 0 radical (unpaired) electrons. The Balaban J connectivity index is 1.24. The molecule has 1 aliphatic rings. The molecule has 1 aliphatic heterocycles. The van der Waals surface area contributed by atoms with Gasteiger partial charge in [-0.2, -0.15) is 0 Å². The fourth-order valence-corrected chi connectivity index (χ4v) is 4.86. The first-order valence-corrected chi connectivity index (χ1v) is 11.1. The number of hydrogen-bond donors (Lipinski definition) is 0. The lowest BCUT2D eigenvalue weighted by atomic mass is 10.0. The Labute approximate surface area is 180 Å². The molecule has 6 heteroatoms. The summed E-state index contributed by atoms with van der Waals surface area (Å²) in [4.78, 5) is 23.1. The lowest BCUT2D eigenvalue weighted by molar-refractivity contribution is 0.0632. The summed E-state index contributed by atoms with van der Waals surface area (Å²) in [5, 5.41) is 2.02. The maximum absolute atomic E-state index is 13.2. The van der Waals surface area contributed by atoms with Gasteiger partial charge in [0, 0.05) is 50.7 Å². The van der Waals surface area contributed by atoms with Crippen molar-refractivity contribution in [3.8, 4) is 11.1 Å². The highest BCUT2D eigenvalue weighted by Crippen LogP contribution is 2.30. The van der Waals surface area contributed by atoms with Crippen molar-refractivity contribution >= 4 is 22.9 Å². The number of aromatic nitrogens is 2. The van der Waals surface area contributed by atoms with E-state index in [0.29, 0.717) is 0 Å². The van der Waals surface area contributed by atoms with E-state index < -0.39 is 0 Å². The second-order valence-corrected chi connectivity index (χ2v) is 8.71. The molecule has 4 aromatic rings. The number of nitrogens with zero attached hydrogens (tertiary/aromatic N) is 4. The first-order valence-electron chi connectivity index (χ1n) is 10.3. The Morgan fingerprint density at radius 1 is 1.03 bits per heavy atom. The lowest BCUT2D eigenvalue weighted by Gasteiger charge is -2.34. The molecule has 1 aromatic carbocycles. The van der Waals surface area contributed by atoms with E-state index in [1.54, 1.807) is 0 Å². The van der Waals surface area contributed by atoms with Gasteiger partial charge >= 0.3 is 0 Å². The number of pyridine rings is 1. The van der Waals surface area contributed by atoms with Gasteiger partial charge < -0.3 is 9.30 Å². The van der Waals surface area contributed by atoms with E-state index >= 15 is 0 Å². The third-order valence-electron chi connectivity index (χ3n) is 5.68. The molecule has 0 spiro atoms. The number of imidazole rings is 1. The first kappa shape index (κ1) is 19.0. The monoisotopic (exact) mass is 416 g/mol. The van der Waals surface area contributed by atoms with Gasteiger partial charge in [-0.3, -0.25) is 9.69 Å². The molecule has 30 heavy (non-hydrogen) atoms. The summed E-state index contributed by atoms with van der Waals surface area (Å²) in [5.41, 5.74) is 5.42. The van der Waals surface area contributed by atoms with Gasteiger partial charge in [0.2, 0.25) is 0 Å². The van der Waals surface area contributed by atoms with Crippen molar-refractivity contribution in [2.75, 3.05) is 26.2 Å². The van der Waals surface area contributed by atoms with E-state index in [1.807, 2.05) is 34.7 Å². The van der Waals surface area contributed by atoms with Crippen LogP contribution in [0.5, 0.6) is 0 Å². The number of rotatable bonds is 4. The second kappa shape index (κ2) is 8.05. The van der Waals surface area contributed by atoms with Gasteiger partial charge in [0.25, 0.3) is 5.91 Å². The van der Waals surface area contributed by atoms with Crippen molar-refractivity contribution < 1.29 is 4.79 Å². The van der Waals surface area contributed by atoms with Gasteiger partial charge in [-0.25, -0.2) is 4.98 Å². The van der Waals surface area contributed by atoms with Crippen LogP contribution in [0.25, 0.3) is 16.8 Å². The predicted molar refractivity (Wildman–Crippen MR) is 121 cm³/mol. The van der Waals surface area contributed by atoms with Crippen LogP contribution in [0.15, 0.2) is 66.3 Å². The van der Waals surface area contributed by atoms with Crippen LogP contribution in [-0.4, -0.2) is 51.3 Å². The number of hydrogen-bond acceptors (Lipinski definition) is 4. The molecule has 0 atom stereocenters. The Morgan fingerprint density at radius 3 is 2.60 bits per heavy atom. The summed E-state index contributed by atoms with van der Waals surface area (Å²) < 4.78 is 2.05. The molecule has 3 aromatic heterocycles. The van der Waals surface area contributed by atoms with Gasteiger partial charge in [-0.05, 0) is 36.1 Å². The Bertz CT molecular complexity index is 1140. The topological polar surface area (TPSA) is 40.9 Å². The summed E-state index contributed by atoms with van der Waals surface area (Å²) in [5.74, 6) is 0.146. The third kappa shape index (κ3) is 3.76. The molecule has 1 fully saturated rings. The van der Waals surface area contributed by atoms with Gasteiger partial charge in [0.05, 0.1) is 10.6 Å². The van der Waals surface area contributed by atoms with Gasteiger partial charge in [0.1, 0.15) is 5.65 Å². The van der Waals surface area contributed by atoms with E-state index in [4.69, 9.17) is 4.98 Å². The molecule has 4 heterocycles. The number of carbonyl (C=O) groups excluding carboxylic acids is 1. The van der Waals surface area contributed by atoms with Crippen molar-refractivity contribution in [2.45, 2.75) is 13.5 Å². The Morgan fingerprint density at radius 2 is 1.83 bits per heavy atom.